The van der Waals surface area contributed by atoms with Crippen LogP contribution in [0.4, 0.5) is 0 Å². The van der Waals surface area contributed by atoms with Crippen LogP contribution in [0, 0.1) is 5.41 Å². The van der Waals surface area contributed by atoms with Crippen LogP contribution in [0.1, 0.15) is 60.3 Å². The third-order valence-corrected chi connectivity index (χ3v) is 5.49. The molecule has 3 nitrogen and oxygen atoms in total. The zero-order valence-corrected chi connectivity index (χ0v) is 14.1. The van der Waals surface area contributed by atoms with Crippen molar-refractivity contribution in [3.8, 4) is 0 Å². The van der Waals surface area contributed by atoms with Crippen LogP contribution in [0.3, 0.4) is 0 Å². The van der Waals surface area contributed by atoms with E-state index in [1.54, 1.807) is 0 Å². The molecule has 2 fully saturated rings. The highest BCUT2D eigenvalue weighted by molar-refractivity contribution is 5.13. The smallest absolute Gasteiger partial charge is 0.0622 e. The maximum atomic E-state index is 5.75. The molecule has 2 aliphatic rings. The molecular formula is C17H33NO2. The van der Waals surface area contributed by atoms with Gasteiger partial charge in [-0.3, -0.25) is 4.90 Å². The van der Waals surface area contributed by atoms with Gasteiger partial charge in [0.2, 0.25) is 0 Å². The van der Waals surface area contributed by atoms with Crippen LogP contribution < -0.4 is 0 Å². The van der Waals surface area contributed by atoms with Crippen LogP contribution in [0.2, 0.25) is 0 Å². The number of fused-ring (bicyclic) bond motifs is 1. The highest BCUT2D eigenvalue weighted by Gasteiger charge is 2.58. The molecule has 0 N–H and O–H groups in total. The number of hydrogen-bond donors (Lipinski definition) is 0. The Balaban J connectivity index is 2.16. The van der Waals surface area contributed by atoms with E-state index in [0.29, 0.717) is 23.0 Å². The fourth-order valence-corrected chi connectivity index (χ4v) is 4.44. The third-order valence-electron chi connectivity index (χ3n) is 5.49. The van der Waals surface area contributed by atoms with Gasteiger partial charge in [0.25, 0.3) is 0 Å². The summed E-state index contributed by atoms with van der Waals surface area (Å²) >= 11 is 0. The van der Waals surface area contributed by atoms with E-state index in [2.05, 4.69) is 39.5 Å². The van der Waals surface area contributed by atoms with Crippen LogP contribution in [0.15, 0.2) is 0 Å². The quantitative estimate of drug-likeness (QED) is 0.745. The molecule has 3 heteroatoms. The first kappa shape index (κ1) is 16.3. The first-order valence-corrected chi connectivity index (χ1v) is 8.40. The van der Waals surface area contributed by atoms with Gasteiger partial charge in [-0.2, -0.15) is 0 Å². The zero-order chi connectivity index (χ0) is 14.8. The molecule has 2 rings (SSSR count). The van der Waals surface area contributed by atoms with Gasteiger partial charge in [0.1, 0.15) is 0 Å². The average molecular weight is 283 g/mol. The predicted molar refractivity (Wildman–Crippen MR) is 83.1 cm³/mol. The van der Waals surface area contributed by atoms with Gasteiger partial charge in [-0.05, 0) is 44.9 Å². The summed E-state index contributed by atoms with van der Waals surface area (Å²) in [6.45, 7) is 14.8. The lowest BCUT2D eigenvalue weighted by molar-refractivity contribution is -0.0291. The Morgan fingerprint density at radius 3 is 1.75 bits per heavy atom. The van der Waals surface area contributed by atoms with Crippen molar-refractivity contribution in [3.63, 3.8) is 0 Å². The molecular weight excluding hydrogens is 250 g/mol. The highest BCUT2D eigenvalue weighted by atomic mass is 16.5. The molecule has 0 spiro atoms. The van der Waals surface area contributed by atoms with Crippen molar-refractivity contribution in [1.82, 2.24) is 4.90 Å². The summed E-state index contributed by atoms with van der Waals surface area (Å²) in [6, 6.07) is 1.17. The Morgan fingerprint density at radius 1 is 0.950 bits per heavy atom. The van der Waals surface area contributed by atoms with Gasteiger partial charge in [-0.15, -0.1) is 0 Å². The van der Waals surface area contributed by atoms with E-state index in [4.69, 9.17) is 9.47 Å². The number of hydrogen-bond acceptors (Lipinski definition) is 3. The van der Waals surface area contributed by atoms with Crippen molar-refractivity contribution < 1.29 is 9.47 Å². The molecule has 2 atom stereocenters. The van der Waals surface area contributed by atoms with E-state index in [1.165, 1.54) is 25.7 Å². The Labute approximate surface area is 125 Å². The summed E-state index contributed by atoms with van der Waals surface area (Å²) in [5.41, 5.74) is 0.686. The lowest BCUT2D eigenvalue weighted by atomic mass is 9.71. The Morgan fingerprint density at radius 2 is 1.40 bits per heavy atom. The van der Waals surface area contributed by atoms with Crippen molar-refractivity contribution >= 4 is 0 Å². The first-order valence-electron chi connectivity index (χ1n) is 8.40. The van der Waals surface area contributed by atoms with E-state index in [9.17, 15) is 0 Å². The fraction of sp³-hybridized carbons (Fsp3) is 1.00. The molecule has 2 saturated heterocycles. The topological polar surface area (TPSA) is 21.7 Å². The number of nitrogens with zero attached hydrogens (tertiary/aromatic N) is 1. The van der Waals surface area contributed by atoms with Gasteiger partial charge in [0.05, 0.1) is 13.2 Å². The van der Waals surface area contributed by atoms with Gasteiger partial charge < -0.3 is 9.47 Å². The third kappa shape index (κ3) is 2.77. The molecule has 0 aliphatic carbocycles. The normalized spacial score (nSPS) is 34.6. The predicted octanol–water partition coefficient (Wildman–Crippen LogP) is 3.47. The van der Waals surface area contributed by atoms with Crippen molar-refractivity contribution in [2.45, 2.75) is 77.9 Å². The first-order chi connectivity index (χ1) is 9.46. The molecule has 2 unspecified atom stereocenters. The van der Waals surface area contributed by atoms with Gasteiger partial charge >= 0.3 is 0 Å². The number of ether oxygens (including phenoxy) is 2. The minimum absolute atomic E-state index is 0.328. The lowest BCUT2D eigenvalue weighted by Gasteiger charge is -2.47. The van der Waals surface area contributed by atoms with Crippen LogP contribution in [0.25, 0.3) is 0 Å². The SMILES string of the molecule is CCOCC1CCC2(C(C)(C)C)CCC(COCC)N12. The maximum absolute atomic E-state index is 5.75. The van der Waals surface area contributed by atoms with Crippen LogP contribution in [-0.4, -0.2) is 49.0 Å². The van der Waals surface area contributed by atoms with Crippen molar-refractivity contribution in [2.24, 2.45) is 5.41 Å². The van der Waals surface area contributed by atoms with Crippen molar-refractivity contribution in [1.29, 1.82) is 0 Å². The zero-order valence-electron chi connectivity index (χ0n) is 14.1. The van der Waals surface area contributed by atoms with E-state index in [0.717, 1.165) is 26.4 Å². The monoisotopic (exact) mass is 283 g/mol. The second-order valence-corrected chi connectivity index (χ2v) is 7.39. The summed E-state index contributed by atoms with van der Waals surface area (Å²) in [4.78, 5) is 2.79. The standard InChI is InChI=1S/C17H33NO2/c1-6-19-12-14-8-10-17(16(3,4)5)11-9-15(18(14)17)13-20-7-2/h14-15H,6-13H2,1-5H3. The largest absolute Gasteiger partial charge is 0.380 e. The van der Waals surface area contributed by atoms with E-state index in [-0.39, 0.29) is 0 Å². The minimum Gasteiger partial charge on any atom is -0.380 e. The lowest BCUT2D eigenvalue weighted by Crippen LogP contribution is -2.55. The molecule has 2 heterocycles. The number of rotatable bonds is 6. The van der Waals surface area contributed by atoms with Gasteiger partial charge in [0.15, 0.2) is 0 Å². The van der Waals surface area contributed by atoms with Gasteiger partial charge in [-0.25, -0.2) is 0 Å². The van der Waals surface area contributed by atoms with Crippen LogP contribution >= 0.6 is 0 Å². The summed E-state index contributed by atoms with van der Waals surface area (Å²) in [5.74, 6) is 0. The molecule has 20 heavy (non-hydrogen) atoms. The summed E-state index contributed by atoms with van der Waals surface area (Å²) in [5, 5.41) is 0. The molecule has 0 aromatic heterocycles. The Kier molecular flexibility index (Phi) is 5.14. The van der Waals surface area contributed by atoms with E-state index < -0.39 is 0 Å². The van der Waals surface area contributed by atoms with Gasteiger partial charge in [-0.1, -0.05) is 20.8 Å². The van der Waals surface area contributed by atoms with E-state index in [1.807, 2.05) is 0 Å². The molecule has 118 valence electrons. The summed E-state index contributed by atoms with van der Waals surface area (Å²) in [7, 11) is 0. The van der Waals surface area contributed by atoms with Crippen LogP contribution in [-0.2, 0) is 9.47 Å². The molecule has 0 amide bonds. The second-order valence-electron chi connectivity index (χ2n) is 7.39. The molecule has 0 saturated carbocycles. The van der Waals surface area contributed by atoms with Gasteiger partial charge in [0, 0.05) is 30.8 Å². The second kappa shape index (κ2) is 6.33. The fourth-order valence-electron chi connectivity index (χ4n) is 4.44. The van der Waals surface area contributed by atoms with Crippen molar-refractivity contribution in [2.75, 3.05) is 26.4 Å². The molecule has 0 radical (unpaired) electrons. The molecule has 0 aromatic rings. The minimum atomic E-state index is 0.328. The average Bonchev–Trinajstić information content (AvgIpc) is 2.92. The highest BCUT2D eigenvalue weighted by Crippen LogP contribution is 2.54. The Bertz CT molecular complexity index is 291. The Hall–Kier alpha value is -0.120. The van der Waals surface area contributed by atoms with E-state index >= 15 is 0 Å². The summed E-state index contributed by atoms with van der Waals surface area (Å²) < 4.78 is 11.5. The van der Waals surface area contributed by atoms with Crippen LogP contribution in [0.5, 0.6) is 0 Å². The van der Waals surface area contributed by atoms with Crippen molar-refractivity contribution in [3.05, 3.63) is 0 Å². The summed E-state index contributed by atoms with van der Waals surface area (Å²) in [6.07, 6.45) is 5.19. The molecule has 0 bridgehead atoms. The maximum Gasteiger partial charge on any atom is 0.0622 e. The molecule has 0 aromatic carbocycles. The molecule has 2 aliphatic heterocycles.